The Hall–Kier alpha value is -0.770. The zero-order valence-corrected chi connectivity index (χ0v) is 6.15. The Morgan fingerprint density at radius 2 is 2.33 bits per heavy atom. The van der Waals surface area contributed by atoms with Gasteiger partial charge in [-0.1, -0.05) is 25.0 Å². The summed E-state index contributed by atoms with van der Waals surface area (Å²) in [6.07, 6.45) is 4.85. The van der Waals surface area contributed by atoms with Crippen LogP contribution >= 0.6 is 0 Å². The predicted molar refractivity (Wildman–Crippen MR) is 38.9 cm³/mol. The highest BCUT2D eigenvalue weighted by Gasteiger charge is 1.90. The lowest BCUT2D eigenvalue weighted by molar-refractivity contribution is 0.880. The summed E-state index contributed by atoms with van der Waals surface area (Å²) in [4.78, 5) is 0. The van der Waals surface area contributed by atoms with Crippen LogP contribution in [-0.4, -0.2) is 0 Å². The Morgan fingerprint density at radius 3 is 2.67 bits per heavy atom. The van der Waals surface area contributed by atoms with Gasteiger partial charge in [0.1, 0.15) is 0 Å². The molecule has 0 aliphatic carbocycles. The van der Waals surface area contributed by atoms with E-state index in [0.717, 1.165) is 12.8 Å². The molecule has 9 heavy (non-hydrogen) atoms. The molecule has 0 rings (SSSR count). The van der Waals surface area contributed by atoms with Gasteiger partial charge in [0, 0.05) is 0 Å². The third kappa shape index (κ3) is 3.78. The van der Waals surface area contributed by atoms with Crippen LogP contribution < -0.4 is 0 Å². The number of nitrogens with zero attached hydrogens (tertiary/aromatic N) is 1. The highest BCUT2D eigenvalue weighted by molar-refractivity contribution is 5.05. The summed E-state index contributed by atoms with van der Waals surface area (Å²) in [5, 5.41) is 8.30. The summed E-state index contributed by atoms with van der Waals surface area (Å²) >= 11 is 0. The van der Waals surface area contributed by atoms with Gasteiger partial charge < -0.3 is 0 Å². The van der Waals surface area contributed by atoms with Crippen molar-refractivity contribution >= 4 is 0 Å². The van der Waals surface area contributed by atoms with Crippen LogP contribution in [0.25, 0.3) is 0 Å². The smallest absolute Gasteiger partial charge is 0.0666 e. The maximum absolute atomic E-state index is 8.30. The molecule has 0 radical (unpaired) electrons. The highest BCUT2D eigenvalue weighted by atomic mass is 14.2. The van der Waals surface area contributed by atoms with Crippen molar-refractivity contribution in [3.63, 3.8) is 0 Å². The zero-order valence-electron chi connectivity index (χ0n) is 6.15. The van der Waals surface area contributed by atoms with Crippen LogP contribution in [-0.2, 0) is 0 Å². The van der Waals surface area contributed by atoms with Crippen molar-refractivity contribution < 1.29 is 0 Å². The molecule has 0 saturated heterocycles. The minimum atomic E-state index is 0.602. The molecule has 0 aromatic rings. The van der Waals surface area contributed by atoms with Crippen LogP contribution in [0, 0.1) is 11.3 Å². The second kappa shape index (κ2) is 5.37. The van der Waals surface area contributed by atoms with Crippen LogP contribution in [0.5, 0.6) is 0 Å². The second-order valence-corrected chi connectivity index (χ2v) is 2.03. The van der Waals surface area contributed by atoms with Gasteiger partial charge in [-0.3, -0.25) is 0 Å². The molecule has 1 nitrogen and oxygen atoms in total. The van der Waals surface area contributed by atoms with Crippen molar-refractivity contribution in [1.82, 2.24) is 0 Å². The molecular weight excluding hydrogens is 110 g/mol. The Kier molecular flexibility index (Phi) is 4.91. The van der Waals surface area contributed by atoms with E-state index in [9.17, 15) is 0 Å². The van der Waals surface area contributed by atoms with Gasteiger partial charge in [-0.15, -0.1) is 0 Å². The Bertz CT molecular complexity index is 128. The summed E-state index contributed by atoms with van der Waals surface area (Å²) in [6, 6.07) is 2.14. The van der Waals surface area contributed by atoms with Crippen molar-refractivity contribution in [3.05, 3.63) is 11.6 Å². The first-order chi connectivity index (χ1) is 4.35. The first kappa shape index (κ1) is 8.23. The molecular formula is C8H13N. The fourth-order valence-corrected chi connectivity index (χ4v) is 0.757. The van der Waals surface area contributed by atoms with Gasteiger partial charge in [0.15, 0.2) is 0 Å². The molecule has 0 aromatic heterocycles. The summed E-state index contributed by atoms with van der Waals surface area (Å²) < 4.78 is 0. The molecule has 0 heterocycles. The summed E-state index contributed by atoms with van der Waals surface area (Å²) in [5.41, 5.74) is 1.26. The largest absolute Gasteiger partial charge is 0.198 e. The molecule has 0 fully saturated rings. The van der Waals surface area contributed by atoms with E-state index in [0.29, 0.717) is 6.42 Å². The topological polar surface area (TPSA) is 23.8 Å². The molecule has 0 atom stereocenters. The van der Waals surface area contributed by atoms with Crippen molar-refractivity contribution in [2.45, 2.75) is 33.1 Å². The maximum atomic E-state index is 8.30. The van der Waals surface area contributed by atoms with Crippen LogP contribution in [0.1, 0.15) is 33.1 Å². The average molecular weight is 123 g/mol. The fourth-order valence-electron chi connectivity index (χ4n) is 0.757. The molecule has 0 amide bonds. The van der Waals surface area contributed by atoms with Gasteiger partial charge in [0.2, 0.25) is 0 Å². The molecule has 0 aliphatic rings. The molecule has 0 bridgehead atoms. The Morgan fingerprint density at radius 1 is 1.67 bits per heavy atom. The first-order valence-electron chi connectivity index (χ1n) is 3.36. The maximum Gasteiger partial charge on any atom is 0.0666 e. The normalized spacial score (nSPS) is 11.0. The van der Waals surface area contributed by atoms with Crippen molar-refractivity contribution in [2.75, 3.05) is 0 Å². The van der Waals surface area contributed by atoms with Crippen molar-refractivity contribution in [2.24, 2.45) is 0 Å². The minimum absolute atomic E-state index is 0.602. The van der Waals surface area contributed by atoms with E-state index in [-0.39, 0.29) is 0 Å². The molecule has 0 spiro atoms. The number of allylic oxidation sites excluding steroid dienone is 2. The third-order valence-electron chi connectivity index (χ3n) is 1.29. The number of rotatable bonds is 3. The Balaban J connectivity index is 3.59. The molecule has 1 heteroatoms. The molecule has 0 N–H and O–H groups in total. The van der Waals surface area contributed by atoms with Crippen LogP contribution in [0.15, 0.2) is 11.6 Å². The molecule has 0 unspecified atom stereocenters. The fraction of sp³-hybridized carbons (Fsp3) is 0.625. The van der Waals surface area contributed by atoms with Gasteiger partial charge >= 0.3 is 0 Å². The van der Waals surface area contributed by atoms with Gasteiger partial charge in [0.05, 0.1) is 12.5 Å². The first-order valence-corrected chi connectivity index (χ1v) is 3.36. The lowest BCUT2D eigenvalue weighted by Crippen LogP contribution is -1.78. The summed E-state index contributed by atoms with van der Waals surface area (Å²) in [7, 11) is 0. The monoisotopic (exact) mass is 123 g/mol. The van der Waals surface area contributed by atoms with E-state index >= 15 is 0 Å². The summed E-state index contributed by atoms with van der Waals surface area (Å²) in [5.74, 6) is 0. The quantitative estimate of drug-likeness (QED) is 0.529. The van der Waals surface area contributed by atoms with E-state index in [2.05, 4.69) is 13.0 Å². The molecule has 50 valence electrons. The number of nitriles is 1. The van der Waals surface area contributed by atoms with Gasteiger partial charge in [-0.2, -0.15) is 5.26 Å². The zero-order chi connectivity index (χ0) is 7.11. The molecule has 0 saturated carbocycles. The van der Waals surface area contributed by atoms with E-state index in [1.165, 1.54) is 5.57 Å². The highest BCUT2D eigenvalue weighted by Crippen LogP contribution is 2.07. The van der Waals surface area contributed by atoms with E-state index in [1.54, 1.807) is 0 Å². The Labute approximate surface area is 57.0 Å². The van der Waals surface area contributed by atoms with Crippen molar-refractivity contribution in [1.29, 1.82) is 5.26 Å². The molecule has 0 aliphatic heterocycles. The lowest BCUT2D eigenvalue weighted by atomic mass is 10.1. The third-order valence-corrected chi connectivity index (χ3v) is 1.29. The second-order valence-electron chi connectivity index (χ2n) is 2.03. The average Bonchev–Trinajstić information content (AvgIpc) is 1.88. The van der Waals surface area contributed by atoms with E-state index < -0.39 is 0 Å². The van der Waals surface area contributed by atoms with Gasteiger partial charge in [0.25, 0.3) is 0 Å². The van der Waals surface area contributed by atoms with Crippen molar-refractivity contribution in [3.8, 4) is 6.07 Å². The van der Waals surface area contributed by atoms with Crippen LogP contribution in [0.2, 0.25) is 0 Å². The van der Waals surface area contributed by atoms with E-state index in [4.69, 9.17) is 5.26 Å². The van der Waals surface area contributed by atoms with Gasteiger partial charge in [-0.25, -0.2) is 0 Å². The number of hydrogen-bond acceptors (Lipinski definition) is 1. The lowest BCUT2D eigenvalue weighted by Gasteiger charge is -1.95. The molecule has 0 aromatic carbocycles. The van der Waals surface area contributed by atoms with E-state index in [1.807, 2.05) is 13.0 Å². The standard InChI is InChI=1S/C8H13N/c1-3-5-8(4-2)6-7-9/h4H,3,5-6H2,1-2H3. The summed E-state index contributed by atoms with van der Waals surface area (Å²) in [6.45, 7) is 4.11. The van der Waals surface area contributed by atoms with Crippen LogP contribution in [0.4, 0.5) is 0 Å². The minimum Gasteiger partial charge on any atom is -0.198 e. The van der Waals surface area contributed by atoms with Gasteiger partial charge in [-0.05, 0) is 13.3 Å². The SMILES string of the molecule is CC=C(CC#N)CCC. The van der Waals surface area contributed by atoms with Crippen LogP contribution in [0.3, 0.4) is 0 Å². The number of hydrogen-bond donors (Lipinski definition) is 0. The predicted octanol–water partition coefficient (Wildman–Crippen LogP) is 2.65.